The van der Waals surface area contributed by atoms with Crippen LogP contribution in [0.5, 0.6) is 0 Å². The van der Waals surface area contributed by atoms with Crippen LogP contribution in [0, 0.1) is 12.8 Å². The van der Waals surface area contributed by atoms with Crippen LogP contribution in [0.4, 0.5) is 0 Å². The van der Waals surface area contributed by atoms with Crippen molar-refractivity contribution in [3.63, 3.8) is 0 Å². The summed E-state index contributed by atoms with van der Waals surface area (Å²) in [4.78, 5) is 25.7. The number of carbonyl (C=O) groups is 1. The number of nitrogens with zero attached hydrogens (tertiary/aromatic N) is 3. The summed E-state index contributed by atoms with van der Waals surface area (Å²) in [6, 6.07) is 3.44. The van der Waals surface area contributed by atoms with Gasteiger partial charge in [-0.05, 0) is 50.1 Å². The first-order valence-electron chi connectivity index (χ1n) is 9.26. The summed E-state index contributed by atoms with van der Waals surface area (Å²) in [7, 11) is 0. The molecule has 3 aromatic heterocycles. The molecular weight excluding hydrogens is 348 g/mol. The number of fused-ring (bicyclic) bond motifs is 3. The monoisotopic (exact) mass is 372 g/mol. The first-order chi connectivity index (χ1) is 12.5. The van der Waals surface area contributed by atoms with Crippen molar-refractivity contribution in [3.05, 3.63) is 33.7 Å². The second-order valence-corrected chi connectivity index (χ2v) is 8.33. The van der Waals surface area contributed by atoms with Gasteiger partial charge in [-0.15, -0.1) is 11.3 Å². The molecule has 0 aliphatic heterocycles. The molecule has 1 aliphatic rings. The van der Waals surface area contributed by atoms with Gasteiger partial charge < -0.3 is 5.32 Å². The molecule has 3 aromatic rings. The molecule has 7 heteroatoms. The topological polar surface area (TPSA) is 68.4 Å². The van der Waals surface area contributed by atoms with Gasteiger partial charge in [0, 0.05) is 6.04 Å². The molecule has 6 nitrogen and oxygen atoms in total. The van der Waals surface area contributed by atoms with Gasteiger partial charge in [0.05, 0.1) is 10.2 Å². The molecule has 0 bridgehead atoms. The van der Waals surface area contributed by atoms with Crippen LogP contribution in [0.25, 0.3) is 15.7 Å². The Labute approximate surface area is 155 Å². The van der Waals surface area contributed by atoms with Gasteiger partial charge in [0.2, 0.25) is 5.91 Å². The van der Waals surface area contributed by atoms with E-state index in [1.165, 1.54) is 11.1 Å². The molecule has 138 valence electrons. The number of aryl methyl sites for hydroxylation is 1. The molecule has 0 radical (unpaired) electrons. The van der Waals surface area contributed by atoms with Crippen molar-refractivity contribution in [2.24, 2.45) is 5.92 Å². The Morgan fingerprint density at radius 1 is 1.35 bits per heavy atom. The second-order valence-electron chi connectivity index (χ2n) is 7.38. The highest BCUT2D eigenvalue weighted by atomic mass is 32.1. The molecule has 0 spiro atoms. The van der Waals surface area contributed by atoms with E-state index < -0.39 is 6.04 Å². The van der Waals surface area contributed by atoms with Crippen molar-refractivity contribution >= 4 is 33.0 Å². The highest BCUT2D eigenvalue weighted by Gasteiger charge is 2.27. The van der Waals surface area contributed by atoms with E-state index in [1.54, 1.807) is 18.3 Å². The van der Waals surface area contributed by atoms with Gasteiger partial charge in [-0.3, -0.25) is 14.0 Å². The molecule has 26 heavy (non-hydrogen) atoms. The van der Waals surface area contributed by atoms with E-state index in [9.17, 15) is 9.59 Å². The first kappa shape index (κ1) is 17.3. The Hall–Kier alpha value is -2.15. The second kappa shape index (κ2) is 6.54. The molecule has 1 N–H and O–H groups in total. The lowest BCUT2D eigenvalue weighted by Crippen LogP contribution is -2.45. The quantitative estimate of drug-likeness (QED) is 0.767. The number of aromatic nitrogens is 3. The summed E-state index contributed by atoms with van der Waals surface area (Å²) in [5, 5.41) is 9.59. The van der Waals surface area contributed by atoms with Crippen molar-refractivity contribution < 1.29 is 4.79 Å². The van der Waals surface area contributed by atoms with Crippen LogP contribution in [0.15, 0.2) is 22.3 Å². The molecule has 1 fully saturated rings. The molecule has 4 rings (SSSR count). The molecular formula is C19H24N4O2S. The van der Waals surface area contributed by atoms with Crippen LogP contribution in [0.1, 0.15) is 51.4 Å². The van der Waals surface area contributed by atoms with Gasteiger partial charge in [-0.1, -0.05) is 19.8 Å². The Bertz CT molecular complexity index is 1030. The Morgan fingerprint density at radius 2 is 2.12 bits per heavy atom. The third-order valence-electron chi connectivity index (χ3n) is 5.61. The minimum atomic E-state index is -0.631. The van der Waals surface area contributed by atoms with Gasteiger partial charge in [-0.2, -0.15) is 5.10 Å². The number of nitrogens with one attached hydrogen (secondary N) is 1. The van der Waals surface area contributed by atoms with Crippen molar-refractivity contribution in [1.29, 1.82) is 0 Å². The molecule has 3 atom stereocenters. The van der Waals surface area contributed by atoms with E-state index in [2.05, 4.69) is 17.3 Å². The number of rotatable bonds is 3. The van der Waals surface area contributed by atoms with Crippen LogP contribution in [-0.4, -0.2) is 26.1 Å². The zero-order valence-electron chi connectivity index (χ0n) is 15.4. The largest absolute Gasteiger partial charge is 0.351 e. The molecule has 0 saturated heterocycles. The first-order valence-corrected chi connectivity index (χ1v) is 10.1. The summed E-state index contributed by atoms with van der Waals surface area (Å²) < 4.78 is 4.26. The minimum absolute atomic E-state index is 0.129. The maximum Gasteiger partial charge on any atom is 0.291 e. The molecule has 1 saturated carbocycles. The van der Waals surface area contributed by atoms with Gasteiger partial charge >= 0.3 is 0 Å². The summed E-state index contributed by atoms with van der Waals surface area (Å²) in [6.07, 6.45) is 4.53. The van der Waals surface area contributed by atoms with Crippen molar-refractivity contribution in [2.45, 2.75) is 58.5 Å². The van der Waals surface area contributed by atoms with E-state index in [-0.39, 0.29) is 17.5 Å². The predicted octanol–water partition coefficient (Wildman–Crippen LogP) is 3.28. The van der Waals surface area contributed by atoms with Gasteiger partial charge in [0.25, 0.3) is 5.56 Å². The van der Waals surface area contributed by atoms with E-state index in [0.29, 0.717) is 17.3 Å². The average molecular weight is 372 g/mol. The molecule has 3 heterocycles. The third kappa shape index (κ3) is 2.74. The van der Waals surface area contributed by atoms with Gasteiger partial charge in [-0.25, -0.2) is 4.68 Å². The predicted molar refractivity (Wildman–Crippen MR) is 104 cm³/mol. The lowest BCUT2D eigenvalue weighted by Gasteiger charge is -2.30. The third-order valence-corrected chi connectivity index (χ3v) is 6.46. The fourth-order valence-electron chi connectivity index (χ4n) is 4.00. The van der Waals surface area contributed by atoms with Crippen molar-refractivity contribution in [1.82, 2.24) is 19.5 Å². The Kier molecular flexibility index (Phi) is 4.34. The summed E-state index contributed by atoms with van der Waals surface area (Å²) >= 11 is 1.60. The fourth-order valence-corrected chi connectivity index (χ4v) is 4.81. The minimum Gasteiger partial charge on any atom is -0.351 e. The number of amides is 1. The summed E-state index contributed by atoms with van der Waals surface area (Å²) in [5.41, 5.74) is 1.34. The number of hydrogen-bond donors (Lipinski definition) is 1. The Morgan fingerprint density at radius 3 is 2.88 bits per heavy atom. The van der Waals surface area contributed by atoms with Crippen LogP contribution >= 0.6 is 11.3 Å². The molecule has 1 aliphatic carbocycles. The fraction of sp³-hybridized carbons (Fsp3) is 0.526. The lowest BCUT2D eigenvalue weighted by molar-refractivity contribution is -0.125. The highest BCUT2D eigenvalue weighted by molar-refractivity contribution is 7.17. The van der Waals surface area contributed by atoms with E-state index >= 15 is 0 Å². The van der Waals surface area contributed by atoms with Crippen LogP contribution in [0.3, 0.4) is 0 Å². The highest BCUT2D eigenvalue weighted by Crippen LogP contribution is 2.25. The molecule has 0 aromatic carbocycles. The number of hydrogen-bond acceptors (Lipinski definition) is 4. The number of thiophene rings is 1. The van der Waals surface area contributed by atoms with Gasteiger partial charge in [0.1, 0.15) is 17.4 Å². The lowest BCUT2D eigenvalue weighted by atomic mass is 9.86. The maximum absolute atomic E-state index is 13.0. The van der Waals surface area contributed by atoms with Crippen LogP contribution in [-0.2, 0) is 4.79 Å². The SMILES string of the molecule is Cc1nn([C@H](C)C(=O)N[C@H]2CCCC[C@@H]2C)c(=O)c2cc3sccc3n12. The smallest absolute Gasteiger partial charge is 0.291 e. The molecule has 0 unspecified atom stereocenters. The van der Waals surface area contributed by atoms with Crippen molar-refractivity contribution in [3.8, 4) is 0 Å². The average Bonchev–Trinajstić information content (AvgIpc) is 3.20. The van der Waals surface area contributed by atoms with E-state index in [1.807, 2.05) is 28.8 Å². The summed E-state index contributed by atoms with van der Waals surface area (Å²) in [6.45, 7) is 5.80. The van der Waals surface area contributed by atoms with Gasteiger partial charge in [0.15, 0.2) is 0 Å². The summed E-state index contributed by atoms with van der Waals surface area (Å²) in [5.74, 6) is 1.06. The Balaban J connectivity index is 1.68. The van der Waals surface area contributed by atoms with E-state index in [4.69, 9.17) is 0 Å². The molecule has 1 amide bonds. The zero-order valence-corrected chi connectivity index (χ0v) is 16.2. The van der Waals surface area contributed by atoms with E-state index in [0.717, 1.165) is 29.5 Å². The maximum atomic E-state index is 13.0. The standard InChI is InChI=1S/C19H24N4O2S/c1-11-6-4-5-7-14(11)20-18(24)12(2)23-19(25)16-10-17-15(8-9-26-17)22(16)13(3)21-23/h8-12,14H,4-7H2,1-3H3,(H,20,24)/t11-,12+,14-/m0/s1. The zero-order chi connectivity index (χ0) is 18.4. The van der Waals surface area contributed by atoms with Crippen LogP contribution < -0.4 is 10.9 Å². The van der Waals surface area contributed by atoms with Crippen LogP contribution in [0.2, 0.25) is 0 Å². The van der Waals surface area contributed by atoms with Crippen molar-refractivity contribution in [2.75, 3.05) is 0 Å². The number of carbonyl (C=O) groups excluding carboxylic acids is 1. The normalized spacial score (nSPS) is 22.0.